The molecule has 1 atom stereocenters. The van der Waals surface area contributed by atoms with Crippen LogP contribution in [-0.2, 0) is 11.2 Å². The number of rotatable bonds is 7. The fourth-order valence-corrected chi connectivity index (χ4v) is 2.42. The zero-order chi connectivity index (χ0) is 16.7. The molecule has 0 heterocycles. The number of nitrogens with one attached hydrogen (secondary N) is 1. The molecule has 0 bridgehead atoms. The molecule has 4 heteroatoms. The molecule has 0 aliphatic heterocycles. The number of carbonyl (C=O) groups excluding carboxylic acids is 1. The highest BCUT2D eigenvalue weighted by atomic mass is 16.5. The summed E-state index contributed by atoms with van der Waals surface area (Å²) in [7, 11) is 1.64. The Kier molecular flexibility index (Phi) is 6.18. The van der Waals surface area contributed by atoms with Gasteiger partial charge in [0, 0.05) is 18.7 Å². The normalized spacial score (nSPS) is 11.8. The fraction of sp³-hybridized carbons (Fsp3) is 0.316. The largest absolute Gasteiger partial charge is 0.497 e. The van der Waals surface area contributed by atoms with Gasteiger partial charge in [0.05, 0.1) is 7.11 Å². The van der Waals surface area contributed by atoms with Crippen LogP contribution in [0.5, 0.6) is 5.75 Å². The van der Waals surface area contributed by atoms with Gasteiger partial charge >= 0.3 is 0 Å². The highest BCUT2D eigenvalue weighted by Crippen LogP contribution is 2.22. The Hall–Kier alpha value is -2.33. The van der Waals surface area contributed by atoms with Crippen molar-refractivity contribution in [1.82, 2.24) is 0 Å². The van der Waals surface area contributed by atoms with Crippen molar-refractivity contribution in [3.63, 3.8) is 0 Å². The molecule has 2 rings (SSSR count). The van der Waals surface area contributed by atoms with E-state index in [-0.39, 0.29) is 18.4 Å². The van der Waals surface area contributed by atoms with E-state index in [1.165, 1.54) is 0 Å². The van der Waals surface area contributed by atoms with E-state index in [2.05, 4.69) is 5.32 Å². The van der Waals surface area contributed by atoms with E-state index in [1.807, 2.05) is 55.5 Å². The third-order valence-electron chi connectivity index (χ3n) is 3.81. The fourth-order valence-electron chi connectivity index (χ4n) is 2.42. The van der Waals surface area contributed by atoms with E-state index in [0.717, 1.165) is 22.6 Å². The van der Waals surface area contributed by atoms with Crippen LogP contribution in [0.1, 0.15) is 30.4 Å². The Morgan fingerprint density at radius 1 is 1.13 bits per heavy atom. The topological polar surface area (TPSA) is 58.6 Å². The summed E-state index contributed by atoms with van der Waals surface area (Å²) in [4.78, 5) is 12.2. The van der Waals surface area contributed by atoms with Crippen LogP contribution in [0, 0.1) is 0 Å². The summed E-state index contributed by atoms with van der Waals surface area (Å²) < 4.78 is 5.14. The molecule has 0 radical (unpaired) electrons. The van der Waals surface area contributed by atoms with Gasteiger partial charge in [-0.3, -0.25) is 4.79 Å². The second kappa shape index (κ2) is 8.34. The van der Waals surface area contributed by atoms with Crippen LogP contribution in [-0.4, -0.2) is 24.7 Å². The molecule has 2 aromatic rings. The molecular formula is C19H23NO3. The number of ether oxygens (including phenoxy) is 1. The van der Waals surface area contributed by atoms with Crippen LogP contribution < -0.4 is 10.1 Å². The molecule has 0 aromatic heterocycles. The Morgan fingerprint density at radius 3 is 2.35 bits per heavy atom. The first-order valence-electron chi connectivity index (χ1n) is 7.76. The molecule has 0 aliphatic carbocycles. The second-order valence-corrected chi connectivity index (χ2v) is 5.60. The molecular weight excluding hydrogens is 290 g/mol. The molecule has 0 saturated heterocycles. The van der Waals surface area contributed by atoms with E-state index in [9.17, 15) is 4.79 Å². The Balaban J connectivity index is 1.90. The molecule has 2 aromatic carbocycles. The number of methoxy groups -OCH3 is 1. The molecule has 122 valence electrons. The van der Waals surface area contributed by atoms with Gasteiger partial charge in [-0.15, -0.1) is 0 Å². The maximum atomic E-state index is 12.2. The van der Waals surface area contributed by atoms with Gasteiger partial charge < -0.3 is 15.2 Å². The number of aliphatic hydroxyl groups excluding tert-OH is 1. The molecule has 23 heavy (non-hydrogen) atoms. The van der Waals surface area contributed by atoms with E-state index in [1.54, 1.807) is 7.11 Å². The number of hydrogen-bond donors (Lipinski definition) is 2. The quantitative estimate of drug-likeness (QED) is 0.824. The first kappa shape index (κ1) is 17.0. The summed E-state index contributed by atoms with van der Waals surface area (Å²) in [6.07, 6.45) is 1.05. The van der Waals surface area contributed by atoms with Gasteiger partial charge in [0.2, 0.25) is 5.91 Å². The molecule has 0 aliphatic rings. The molecule has 0 saturated carbocycles. The van der Waals surface area contributed by atoms with Crippen molar-refractivity contribution < 1.29 is 14.6 Å². The van der Waals surface area contributed by atoms with Crippen molar-refractivity contribution in [2.45, 2.75) is 25.7 Å². The smallest absolute Gasteiger partial charge is 0.224 e. The summed E-state index contributed by atoms with van der Waals surface area (Å²) in [5.74, 6) is 0.936. The number of aliphatic hydroxyl groups is 1. The number of benzene rings is 2. The van der Waals surface area contributed by atoms with Gasteiger partial charge in [0.1, 0.15) is 5.75 Å². The van der Waals surface area contributed by atoms with Crippen LogP contribution in [0.15, 0.2) is 48.5 Å². The predicted octanol–water partition coefficient (Wildman–Crippen LogP) is 3.36. The second-order valence-electron chi connectivity index (χ2n) is 5.60. The van der Waals surface area contributed by atoms with E-state index in [4.69, 9.17) is 9.84 Å². The number of hydrogen-bond acceptors (Lipinski definition) is 3. The lowest BCUT2D eigenvalue weighted by Gasteiger charge is -2.13. The van der Waals surface area contributed by atoms with E-state index >= 15 is 0 Å². The molecule has 1 unspecified atom stereocenters. The standard InChI is InChI=1S/C19H23NO3/c1-14(16-5-9-18(23-2)10-6-16)13-19(22)20-17-7-3-15(4-8-17)11-12-21/h3-10,14,21H,11-13H2,1-2H3,(H,20,22). The van der Waals surface area contributed by atoms with Crippen LogP contribution in [0.3, 0.4) is 0 Å². The first-order valence-corrected chi connectivity index (χ1v) is 7.76. The highest BCUT2D eigenvalue weighted by molar-refractivity contribution is 5.91. The maximum absolute atomic E-state index is 12.2. The third-order valence-corrected chi connectivity index (χ3v) is 3.81. The van der Waals surface area contributed by atoms with Crippen molar-refractivity contribution in [2.75, 3.05) is 19.0 Å². The van der Waals surface area contributed by atoms with Gasteiger partial charge in [-0.05, 0) is 47.7 Å². The summed E-state index contributed by atoms with van der Waals surface area (Å²) in [6, 6.07) is 15.3. The number of amides is 1. The molecule has 1 amide bonds. The molecule has 2 N–H and O–H groups in total. The summed E-state index contributed by atoms with van der Waals surface area (Å²) in [5, 5.41) is 11.8. The minimum atomic E-state index is -0.0109. The lowest BCUT2D eigenvalue weighted by atomic mass is 9.97. The first-order chi connectivity index (χ1) is 11.1. The van der Waals surface area contributed by atoms with Gasteiger partial charge in [-0.2, -0.15) is 0 Å². The number of anilines is 1. The van der Waals surface area contributed by atoms with E-state index < -0.39 is 0 Å². The molecule has 0 fully saturated rings. The van der Waals surface area contributed by atoms with Gasteiger partial charge in [-0.25, -0.2) is 0 Å². The monoisotopic (exact) mass is 313 g/mol. The van der Waals surface area contributed by atoms with Crippen LogP contribution >= 0.6 is 0 Å². The van der Waals surface area contributed by atoms with Crippen molar-refractivity contribution in [2.24, 2.45) is 0 Å². The molecule has 4 nitrogen and oxygen atoms in total. The molecule has 0 spiro atoms. The lowest BCUT2D eigenvalue weighted by Crippen LogP contribution is -2.14. The van der Waals surface area contributed by atoms with Gasteiger partial charge in [0.15, 0.2) is 0 Å². The van der Waals surface area contributed by atoms with Crippen LogP contribution in [0.4, 0.5) is 5.69 Å². The zero-order valence-corrected chi connectivity index (χ0v) is 13.6. The summed E-state index contributed by atoms with van der Waals surface area (Å²) in [5.41, 5.74) is 2.94. The van der Waals surface area contributed by atoms with Gasteiger partial charge in [0.25, 0.3) is 0 Å². The zero-order valence-electron chi connectivity index (χ0n) is 13.6. The average Bonchev–Trinajstić information content (AvgIpc) is 2.57. The number of carbonyl (C=O) groups is 1. The Labute approximate surface area is 137 Å². The van der Waals surface area contributed by atoms with Gasteiger partial charge in [-0.1, -0.05) is 31.2 Å². The maximum Gasteiger partial charge on any atom is 0.224 e. The Bertz CT molecular complexity index is 620. The minimum Gasteiger partial charge on any atom is -0.497 e. The van der Waals surface area contributed by atoms with Crippen molar-refractivity contribution in [3.8, 4) is 5.75 Å². The lowest BCUT2D eigenvalue weighted by molar-refractivity contribution is -0.116. The highest BCUT2D eigenvalue weighted by Gasteiger charge is 2.11. The average molecular weight is 313 g/mol. The summed E-state index contributed by atoms with van der Waals surface area (Å²) >= 11 is 0. The SMILES string of the molecule is COc1ccc(C(C)CC(=O)Nc2ccc(CCO)cc2)cc1. The van der Waals surface area contributed by atoms with Crippen LogP contribution in [0.2, 0.25) is 0 Å². The van der Waals surface area contributed by atoms with E-state index in [0.29, 0.717) is 12.8 Å². The third kappa shape index (κ3) is 5.11. The summed E-state index contributed by atoms with van der Waals surface area (Å²) in [6.45, 7) is 2.16. The van der Waals surface area contributed by atoms with Crippen molar-refractivity contribution >= 4 is 11.6 Å². The predicted molar refractivity (Wildman–Crippen MR) is 91.9 cm³/mol. The van der Waals surface area contributed by atoms with Crippen molar-refractivity contribution in [3.05, 3.63) is 59.7 Å². The van der Waals surface area contributed by atoms with Crippen molar-refractivity contribution in [1.29, 1.82) is 0 Å². The Morgan fingerprint density at radius 2 is 1.78 bits per heavy atom. The minimum absolute atomic E-state index is 0.0109. The van der Waals surface area contributed by atoms with Crippen LogP contribution in [0.25, 0.3) is 0 Å².